The molecule has 4 nitrogen and oxygen atoms in total. The van der Waals surface area contributed by atoms with Crippen molar-refractivity contribution in [1.82, 2.24) is 9.55 Å². The van der Waals surface area contributed by atoms with Crippen LogP contribution in [0.15, 0.2) is 39.9 Å². The number of rotatable bonds is 2. The van der Waals surface area contributed by atoms with E-state index in [9.17, 15) is 4.79 Å². The van der Waals surface area contributed by atoms with E-state index in [0.29, 0.717) is 17.3 Å². The van der Waals surface area contributed by atoms with Crippen LogP contribution < -0.4 is 11.4 Å². The van der Waals surface area contributed by atoms with E-state index in [1.165, 1.54) is 10.8 Å². The minimum absolute atomic E-state index is 0.337. The molecule has 0 unspecified atom stereocenters. The smallest absolute Gasteiger partial charge is 0.347 e. The maximum Gasteiger partial charge on any atom is 0.347 e. The molecule has 2 aromatic rings. The molecule has 0 aliphatic carbocycles. The fourth-order valence-electron chi connectivity index (χ4n) is 1.43. The van der Waals surface area contributed by atoms with Crippen molar-refractivity contribution >= 4 is 33.2 Å². The Balaban J connectivity index is 2.34. The van der Waals surface area contributed by atoms with Crippen molar-refractivity contribution in [1.29, 1.82) is 0 Å². The number of nitrogen functional groups attached to an aromatic ring is 1. The molecule has 6 heteroatoms. The van der Waals surface area contributed by atoms with E-state index in [1.54, 1.807) is 12.3 Å². The zero-order chi connectivity index (χ0) is 12.4. The van der Waals surface area contributed by atoms with Crippen LogP contribution in [0.5, 0.6) is 0 Å². The van der Waals surface area contributed by atoms with E-state index in [2.05, 4.69) is 20.9 Å². The predicted molar refractivity (Wildman–Crippen MR) is 71.2 cm³/mol. The summed E-state index contributed by atoms with van der Waals surface area (Å²) in [5.41, 5.74) is 6.97. The Morgan fingerprint density at radius 3 is 2.94 bits per heavy atom. The maximum atomic E-state index is 11.5. The molecule has 0 aliphatic heterocycles. The zero-order valence-electron chi connectivity index (χ0n) is 8.73. The second-order valence-corrected chi connectivity index (χ2v) is 4.83. The molecular formula is C11H9BrClN3O. The fourth-order valence-corrected chi connectivity index (χ4v) is 1.84. The van der Waals surface area contributed by atoms with Gasteiger partial charge in [-0.2, -0.15) is 0 Å². The Kier molecular flexibility index (Phi) is 3.49. The number of aromatic nitrogens is 2. The van der Waals surface area contributed by atoms with Crippen LogP contribution in [0.1, 0.15) is 5.56 Å². The third-order valence-electron chi connectivity index (χ3n) is 2.24. The first kappa shape index (κ1) is 12.1. The molecule has 1 aromatic carbocycles. The van der Waals surface area contributed by atoms with Crippen LogP contribution in [0.4, 0.5) is 5.69 Å². The summed E-state index contributed by atoms with van der Waals surface area (Å²) in [5.74, 6) is 0. The van der Waals surface area contributed by atoms with Crippen LogP contribution in [0.25, 0.3) is 0 Å². The molecule has 2 N–H and O–H groups in total. The summed E-state index contributed by atoms with van der Waals surface area (Å²) in [7, 11) is 0. The molecule has 1 heterocycles. The molecule has 0 saturated carbocycles. The molecule has 0 amide bonds. The summed E-state index contributed by atoms with van der Waals surface area (Å²) in [4.78, 5) is 15.1. The van der Waals surface area contributed by atoms with Crippen molar-refractivity contribution < 1.29 is 0 Å². The predicted octanol–water partition coefficient (Wildman–Crippen LogP) is 2.29. The lowest BCUT2D eigenvalue weighted by atomic mass is 10.2. The van der Waals surface area contributed by atoms with Crippen LogP contribution in [0.3, 0.4) is 0 Å². The van der Waals surface area contributed by atoms with Crippen molar-refractivity contribution in [2.45, 2.75) is 6.54 Å². The SMILES string of the molecule is Nc1cc(Cn2cc(Cl)cnc2=O)ccc1Br. The Labute approximate surface area is 111 Å². The molecule has 0 atom stereocenters. The number of nitrogens with zero attached hydrogens (tertiary/aromatic N) is 2. The highest BCUT2D eigenvalue weighted by molar-refractivity contribution is 9.10. The molecular weight excluding hydrogens is 305 g/mol. The minimum atomic E-state index is -0.337. The van der Waals surface area contributed by atoms with Crippen LogP contribution in [0.2, 0.25) is 5.02 Å². The van der Waals surface area contributed by atoms with Gasteiger partial charge >= 0.3 is 5.69 Å². The Bertz CT molecular complexity index is 612. The van der Waals surface area contributed by atoms with Gasteiger partial charge in [0.15, 0.2) is 0 Å². The van der Waals surface area contributed by atoms with Gasteiger partial charge in [0.1, 0.15) is 0 Å². The Hall–Kier alpha value is -1.33. The first-order valence-electron chi connectivity index (χ1n) is 4.82. The molecule has 88 valence electrons. The summed E-state index contributed by atoms with van der Waals surface area (Å²) >= 11 is 9.10. The van der Waals surface area contributed by atoms with Crippen LogP contribution in [-0.2, 0) is 6.54 Å². The lowest BCUT2D eigenvalue weighted by Gasteiger charge is -2.07. The number of nitrogens with two attached hydrogens (primary N) is 1. The Morgan fingerprint density at radius 2 is 2.24 bits per heavy atom. The maximum absolute atomic E-state index is 11.5. The van der Waals surface area contributed by atoms with Crippen molar-refractivity contribution in [3.05, 3.63) is 56.1 Å². The van der Waals surface area contributed by atoms with Crippen molar-refractivity contribution in [2.24, 2.45) is 0 Å². The van der Waals surface area contributed by atoms with E-state index >= 15 is 0 Å². The van der Waals surface area contributed by atoms with Gasteiger partial charge in [0.2, 0.25) is 0 Å². The molecule has 1 aromatic heterocycles. The average Bonchev–Trinajstić information content (AvgIpc) is 2.29. The van der Waals surface area contributed by atoms with Crippen molar-refractivity contribution in [3.63, 3.8) is 0 Å². The minimum Gasteiger partial charge on any atom is -0.398 e. The standard InChI is InChI=1S/C11H9BrClN3O/c12-9-2-1-7(3-10(9)14)5-16-6-8(13)4-15-11(16)17/h1-4,6H,5,14H2. The number of hydrogen-bond acceptors (Lipinski definition) is 3. The van der Waals surface area contributed by atoms with Gasteiger partial charge in [-0.25, -0.2) is 9.78 Å². The topological polar surface area (TPSA) is 60.9 Å². The van der Waals surface area contributed by atoms with Crippen molar-refractivity contribution in [3.8, 4) is 0 Å². The lowest BCUT2D eigenvalue weighted by molar-refractivity contribution is 0.727. The fraction of sp³-hybridized carbons (Fsp3) is 0.0909. The highest BCUT2D eigenvalue weighted by atomic mass is 79.9. The summed E-state index contributed by atoms with van der Waals surface area (Å²) in [6, 6.07) is 5.53. The molecule has 0 bridgehead atoms. The van der Waals surface area contributed by atoms with Crippen LogP contribution in [0, 0.1) is 0 Å². The lowest BCUT2D eigenvalue weighted by Crippen LogP contribution is -2.22. The first-order chi connectivity index (χ1) is 8.06. The number of benzene rings is 1. The molecule has 2 rings (SSSR count). The highest BCUT2D eigenvalue weighted by Gasteiger charge is 2.02. The van der Waals surface area contributed by atoms with Crippen LogP contribution >= 0.6 is 27.5 Å². The van der Waals surface area contributed by atoms with E-state index in [1.807, 2.05) is 12.1 Å². The molecule has 0 aliphatic rings. The van der Waals surface area contributed by atoms with Gasteiger partial charge in [0.25, 0.3) is 0 Å². The van der Waals surface area contributed by atoms with Gasteiger partial charge in [-0.1, -0.05) is 17.7 Å². The van der Waals surface area contributed by atoms with E-state index in [4.69, 9.17) is 17.3 Å². The highest BCUT2D eigenvalue weighted by Crippen LogP contribution is 2.20. The quantitative estimate of drug-likeness (QED) is 0.865. The van der Waals surface area contributed by atoms with E-state index in [0.717, 1.165) is 10.0 Å². The molecule has 0 radical (unpaired) electrons. The second-order valence-electron chi connectivity index (χ2n) is 3.54. The van der Waals surface area contributed by atoms with Crippen LogP contribution in [-0.4, -0.2) is 9.55 Å². The van der Waals surface area contributed by atoms with E-state index < -0.39 is 0 Å². The number of halogens is 2. The molecule has 17 heavy (non-hydrogen) atoms. The monoisotopic (exact) mass is 313 g/mol. The molecule has 0 spiro atoms. The largest absolute Gasteiger partial charge is 0.398 e. The summed E-state index contributed by atoms with van der Waals surface area (Å²) in [5, 5.41) is 0.426. The summed E-state index contributed by atoms with van der Waals surface area (Å²) in [6.45, 7) is 0.393. The second kappa shape index (κ2) is 4.89. The summed E-state index contributed by atoms with van der Waals surface area (Å²) in [6.07, 6.45) is 2.88. The third kappa shape index (κ3) is 2.87. The first-order valence-corrected chi connectivity index (χ1v) is 5.99. The average molecular weight is 315 g/mol. The normalized spacial score (nSPS) is 10.5. The van der Waals surface area contributed by atoms with Gasteiger partial charge in [-0.05, 0) is 33.6 Å². The van der Waals surface area contributed by atoms with Gasteiger partial charge in [-0.3, -0.25) is 4.57 Å². The molecule has 0 fully saturated rings. The zero-order valence-corrected chi connectivity index (χ0v) is 11.1. The van der Waals surface area contributed by atoms with Crippen molar-refractivity contribution in [2.75, 3.05) is 5.73 Å². The third-order valence-corrected chi connectivity index (χ3v) is 3.15. The van der Waals surface area contributed by atoms with E-state index in [-0.39, 0.29) is 5.69 Å². The van der Waals surface area contributed by atoms with Gasteiger partial charge in [-0.15, -0.1) is 0 Å². The summed E-state index contributed by atoms with van der Waals surface area (Å²) < 4.78 is 2.27. The van der Waals surface area contributed by atoms with Gasteiger partial charge < -0.3 is 5.73 Å². The number of hydrogen-bond donors (Lipinski definition) is 1. The molecule has 0 saturated heterocycles. The van der Waals surface area contributed by atoms with Gasteiger partial charge in [0, 0.05) is 16.4 Å². The number of anilines is 1. The van der Waals surface area contributed by atoms with Gasteiger partial charge in [0.05, 0.1) is 17.8 Å². The Morgan fingerprint density at radius 1 is 1.47 bits per heavy atom.